The maximum absolute atomic E-state index is 5.11. The Labute approximate surface area is 160 Å². The predicted octanol–water partition coefficient (Wildman–Crippen LogP) is 2.23. The molecule has 1 unspecified atom stereocenters. The van der Waals surface area contributed by atoms with Gasteiger partial charge in [0.25, 0.3) is 0 Å². The van der Waals surface area contributed by atoms with E-state index in [2.05, 4.69) is 33.8 Å². The van der Waals surface area contributed by atoms with Gasteiger partial charge in [0, 0.05) is 32.9 Å². The first-order chi connectivity index (χ1) is 11.2. The number of nitrogens with zero attached hydrogens (tertiary/aromatic N) is 3. The molecule has 0 spiro atoms. The molecule has 1 aromatic carbocycles. The Morgan fingerprint density at radius 3 is 2.75 bits per heavy atom. The van der Waals surface area contributed by atoms with Gasteiger partial charge >= 0.3 is 0 Å². The van der Waals surface area contributed by atoms with Crippen molar-refractivity contribution >= 4 is 29.9 Å². The standard InChI is InChI=1S/C17H25N5O.HI/c1-14(13-23-3)21-17(18-2)19-10-9-15-11-20-22(12-15)16-7-5-4-6-8-16;/h4-8,11-12,14H,9-10,13H2,1-3H3,(H2,18,19,21);1H. The minimum absolute atomic E-state index is 0. The van der Waals surface area contributed by atoms with Crippen molar-refractivity contribution in [2.75, 3.05) is 27.3 Å². The third kappa shape index (κ3) is 6.48. The first-order valence-corrected chi connectivity index (χ1v) is 7.78. The number of para-hydroxylation sites is 1. The molecule has 0 saturated carbocycles. The second-order valence-electron chi connectivity index (χ2n) is 5.38. The molecule has 0 aliphatic carbocycles. The van der Waals surface area contributed by atoms with Crippen molar-refractivity contribution < 1.29 is 4.74 Å². The summed E-state index contributed by atoms with van der Waals surface area (Å²) in [6.45, 7) is 3.49. The summed E-state index contributed by atoms with van der Waals surface area (Å²) in [6.07, 6.45) is 4.84. The van der Waals surface area contributed by atoms with Gasteiger partial charge in [-0.25, -0.2) is 4.68 Å². The molecule has 24 heavy (non-hydrogen) atoms. The van der Waals surface area contributed by atoms with Gasteiger partial charge in [-0.2, -0.15) is 5.10 Å². The van der Waals surface area contributed by atoms with Crippen LogP contribution in [0.3, 0.4) is 0 Å². The van der Waals surface area contributed by atoms with E-state index in [1.165, 1.54) is 5.56 Å². The van der Waals surface area contributed by atoms with E-state index in [9.17, 15) is 0 Å². The summed E-state index contributed by atoms with van der Waals surface area (Å²) in [7, 11) is 3.46. The maximum atomic E-state index is 5.11. The second kappa shape index (κ2) is 11.0. The topological polar surface area (TPSA) is 63.5 Å². The Hall–Kier alpha value is -1.61. The first-order valence-electron chi connectivity index (χ1n) is 7.78. The van der Waals surface area contributed by atoms with Crippen LogP contribution in [0.4, 0.5) is 0 Å². The van der Waals surface area contributed by atoms with Gasteiger partial charge in [0.15, 0.2) is 5.96 Å². The highest BCUT2D eigenvalue weighted by Crippen LogP contribution is 2.07. The highest BCUT2D eigenvalue weighted by atomic mass is 127. The zero-order chi connectivity index (χ0) is 16.5. The lowest BCUT2D eigenvalue weighted by atomic mass is 10.2. The van der Waals surface area contributed by atoms with Crippen LogP contribution in [0.1, 0.15) is 12.5 Å². The molecule has 1 aromatic heterocycles. The fraction of sp³-hybridized carbons (Fsp3) is 0.412. The van der Waals surface area contributed by atoms with E-state index in [4.69, 9.17) is 4.74 Å². The summed E-state index contributed by atoms with van der Waals surface area (Å²) in [4.78, 5) is 4.21. The van der Waals surface area contributed by atoms with Crippen LogP contribution in [0.25, 0.3) is 5.69 Å². The SMILES string of the molecule is CN=C(NCCc1cnn(-c2ccccc2)c1)NC(C)COC.I. The van der Waals surface area contributed by atoms with Crippen molar-refractivity contribution in [1.82, 2.24) is 20.4 Å². The molecule has 0 aliphatic rings. The van der Waals surface area contributed by atoms with E-state index in [1.807, 2.05) is 41.2 Å². The molecule has 1 atom stereocenters. The zero-order valence-corrected chi connectivity index (χ0v) is 16.7. The Morgan fingerprint density at radius 1 is 1.33 bits per heavy atom. The molecule has 2 rings (SSSR count). The largest absolute Gasteiger partial charge is 0.383 e. The minimum Gasteiger partial charge on any atom is -0.383 e. The van der Waals surface area contributed by atoms with Crippen molar-refractivity contribution in [2.45, 2.75) is 19.4 Å². The van der Waals surface area contributed by atoms with E-state index in [-0.39, 0.29) is 30.0 Å². The van der Waals surface area contributed by atoms with Gasteiger partial charge in [-0.3, -0.25) is 4.99 Å². The molecule has 0 aliphatic heterocycles. The summed E-state index contributed by atoms with van der Waals surface area (Å²) in [6, 6.07) is 10.3. The van der Waals surface area contributed by atoms with Crippen molar-refractivity contribution in [3.05, 3.63) is 48.3 Å². The zero-order valence-electron chi connectivity index (χ0n) is 14.4. The second-order valence-corrected chi connectivity index (χ2v) is 5.38. The van der Waals surface area contributed by atoms with Crippen LogP contribution >= 0.6 is 24.0 Å². The number of ether oxygens (including phenoxy) is 1. The minimum atomic E-state index is 0. The molecule has 0 radical (unpaired) electrons. The number of rotatable bonds is 7. The molecule has 0 saturated heterocycles. The monoisotopic (exact) mass is 443 g/mol. The van der Waals surface area contributed by atoms with Crippen LogP contribution in [-0.2, 0) is 11.2 Å². The molecule has 6 nitrogen and oxygen atoms in total. The molecule has 2 N–H and O–H groups in total. The molecule has 132 valence electrons. The van der Waals surface area contributed by atoms with Crippen LogP contribution < -0.4 is 10.6 Å². The fourth-order valence-electron chi connectivity index (χ4n) is 2.26. The normalized spacial score (nSPS) is 12.4. The lowest BCUT2D eigenvalue weighted by Crippen LogP contribution is -2.44. The third-order valence-corrected chi connectivity index (χ3v) is 3.39. The number of hydrogen-bond acceptors (Lipinski definition) is 3. The summed E-state index contributed by atoms with van der Waals surface area (Å²) >= 11 is 0. The Bertz CT molecular complexity index is 614. The van der Waals surface area contributed by atoms with Gasteiger partial charge in [0.2, 0.25) is 0 Å². The van der Waals surface area contributed by atoms with Crippen molar-refractivity contribution in [2.24, 2.45) is 4.99 Å². The number of nitrogens with one attached hydrogen (secondary N) is 2. The lowest BCUT2D eigenvalue weighted by molar-refractivity contribution is 0.179. The maximum Gasteiger partial charge on any atom is 0.191 e. The molecular weight excluding hydrogens is 417 g/mol. The summed E-state index contributed by atoms with van der Waals surface area (Å²) in [5, 5.41) is 11.0. The Morgan fingerprint density at radius 2 is 2.08 bits per heavy atom. The van der Waals surface area contributed by atoms with Gasteiger partial charge < -0.3 is 15.4 Å². The van der Waals surface area contributed by atoms with Crippen LogP contribution in [0.15, 0.2) is 47.7 Å². The number of aliphatic imine (C=N–C) groups is 1. The molecular formula is C17H26IN5O. The number of guanidine groups is 1. The number of hydrogen-bond donors (Lipinski definition) is 2. The Kier molecular flexibility index (Phi) is 9.39. The number of halogens is 1. The molecule has 0 amide bonds. The molecule has 0 fully saturated rings. The molecule has 0 bridgehead atoms. The number of benzene rings is 1. The third-order valence-electron chi connectivity index (χ3n) is 3.39. The van der Waals surface area contributed by atoms with E-state index in [0.717, 1.165) is 24.6 Å². The molecule has 2 aromatic rings. The average molecular weight is 443 g/mol. The molecule has 7 heteroatoms. The van der Waals surface area contributed by atoms with Crippen LogP contribution in [0.5, 0.6) is 0 Å². The van der Waals surface area contributed by atoms with Crippen LogP contribution in [0, 0.1) is 0 Å². The highest BCUT2D eigenvalue weighted by Gasteiger charge is 2.05. The number of methoxy groups -OCH3 is 1. The van der Waals surface area contributed by atoms with Crippen LogP contribution in [-0.4, -0.2) is 49.1 Å². The summed E-state index contributed by atoms with van der Waals surface area (Å²) in [5.74, 6) is 0.782. The quantitative estimate of drug-likeness (QED) is 0.392. The van der Waals surface area contributed by atoms with E-state index >= 15 is 0 Å². The first kappa shape index (κ1) is 20.4. The highest BCUT2D eigenvalue weighted by molar-refractivity contribution is 14.0. The average Bonchev–Trinajstić information content (AvgIpc) is 3.04. The van der Waals surface area contributed by atoms with Gasteiger partial charge in [-0.15, -0.1) is 24.0 Å². The van der Waals surface area contributed by atoms with Crippen molar-refractivity contribution in [1.29, 1.82) is 0 Å². The van der Waals surface area contributed by atoms with Gasteiger partial charge in [-0.05, 0) is 31.0 Å². The van der Waals surface area contributed by atoms with E-state index in [1.54, 1.807) is 14.2 Å². The van der Waals surface area contributed by atoms with Crippen molar-refractivity contribution in [3.63, 3.8) is 0 Å². The van der Waals surface area contributed by atoms with E-state index < -0.39 is 0 Å². The van der Waals surface area contributed by atoms with Crippen LogP contribution in [0.2, 0.25) is 0 Å². The fourth-order valence-corrected chi connectivity index (χ4v) is 2.26. The summed E-state index contributed by atoms with van der Waals surface area (Å²) in [5.41, 5.74) is 2.25. The predicted molar refractivity (Wildman–Crippen MR) is 109 cm³/mol. The smallest absolute Gasteiger partial charge is 0.191 e. The summed E-state index contributed by atoms with van der Waals surface area (Å²) < 4.78 is 7.00. The van der Waals surface area contributed by atoms with Gasteiger partial charge in [0.1, 0.15) is 0 Å². The van der Waals surface area contributed by atoms with Gasteiger partial charge in [0.05, 0.1) is 18.5 Å². The number of aromatic nitrogens is 2. The molecule has 1 heterocycles. The van der Waals surface area contributed by atoms with Gasteiger partial charge in [-0.1, -0.05) is 18.2 Å². The lowest BCUT2D eigenvalue weighted by Gasteiger charge is -2.16. The Balaban J connectivity index is 0.00000288. The van der Waals surface area contributed by atoms with Crippen molar-refractivity contribution in [3.8, 4) is 5.69 Å². The van der Waals surface area contributed by atoms with E-state index in [0.29, 0.717) is 6.61 Å².